The highest BCUT2D eigenvalue weighted by Gasteiger charge is 2.13. The largest absolute Gasteiger partial charge is 0.507 e. The summed E-state index contributed by atoms with van der Waals surface area (Å²) in [7, 11) is 0. The molecule has 0 amide bonds. The van der Waals surface area contributed by atoms with E-state index in [0.29, 0.717) is 22.0 Å². The fourth-order valence-corrected chi connectivity index (χ4v) is 1.74. The molecule has 0 aliphatic heterocycles. The van der Waals surface area contributed by atoms with Gasteiger partial charge in [0, 0.05) is 33.8 Å². The van der Waals surface area contributed by atoms with E-state index in [1.54, 1.807) is 18.2 Å². The predicted molar refractivity (Wildman–Crippen MR) is 66.6 cm³/mol. The Morgan fingerprint density at radius 2 is 2.00 bits per heavy atom. The summed E-state index contributed by atoms with van der Waals surface area (Å²) < 4.78 is 0. The summed E-state index contributed by atoms with van der Waals surface area (Å²) in [6.07, 6.45) is 2.13. The van der Waals surface area contributed by atoms with Crippen LogP contribution in [0.4, 0.5) is 0 Å². The quantitative estimate of drug-likeness (QED) is 0.451. The van der Waals surface area contributed by atoms with Crippen molar-refractivity contribution in [3.63, 3.8) is 0 Å². The van der Waals surface area contributed by atoms with Crippen LogP contribution in [-0.4, -0.2) is 26.9 Å². The minimum absolute atomic E-state index is 0.321. The molecule has 5 nitrogen and oxygen atoms in total. The molecule has 2 rings (SSSR count). The number of aliphatic hydroxyl groups excluding tert-OH is 1. The minimum atomic E-state index is -1.63. The van der Waals surface area contributed by atoms with Crippen LogP contribution in [0.25, 0.3) is 16.7 Å². The average Bonchev–Trinajstić information content (AvgIpc) is 2.71. The number of halogens is 1. The molecule has 0 bridgehead atoms. The first-order valence-corrected chi connectivity index (χ1v) is 5.32. The third-order valence-electron chi connectivity index (χ3n) is 2.40. The Bertz CT molecular complexity index is 672. The highest BCUT2D eigenvalue weighted by molar-refractivity contribution is 6.38. The Hall–Kier alpha value is -2.27. The molecule has 1 heterocycles. The predicted octanol–water partition coefficient (Wildman–Crippen LogP) is 2.37. The van der Waals surface area contributed by atoms with Crippen LogP contribution in [0.3, 0.4) is 0 Å². The van der Waals surface area contributed by atoms with Gasteiger partial charge < -0.3 is 15.2 Å². The zero-order chi connectivity index (χ0) is 13.3. The van der Waals surface area contributed by atoms with Crippen molar-refractivity contribution in [1.82, 2.24) is 4.98 Å². The Kier molecular flexibility index (Phi) is 3.08. The molecule has 0 unspecified atom stereocenters. The number of hydrogen-bond acceptors (Lipinski definition) is 3. The van der Waals surface area contributed by atoms with Gasteiger partial charge in [0.1, 0.15) is 5.76 Å². The molecule has 0 aliphatic rings. The molecular weight excluding hydrogens is 258 g/mol. The number of carboxylic acid groups (broad SMARTS) is 1. The molecule has 6 heteroatoms. The lowest BCUT2D eigenvalue weighted by Crippen LogP contribution is -2.09. The molecule has 0 spiro atoms. The number of benzene rings is 1. The number of hydrogen-bond donors (Lipinski definition) is 3. The van der Waals surface area contributed by atoms with Gasteiger partial charge in [-0.05, 0) is 18.2 Å². The number of aromatic nitrogens is 1. The minimum Gasteiger partial charge on any atom is -0.507 e. The third kappa shape index (κ3) is 2.21. The Balaban J connectivity index is 2.51. The van der Waals surface area contributed by atoms with E-state index < -0.39 is 17.5 Å². The fourth-order valence-electron chi connectivity index (χ4n) is 1.57. The summed E-state index contributed by atoms with van der Waals surface area (Å²) >= 11 is 5.83. The highest BCUT2D eigenvalue weighted by Crippen LogP contribution is 2.26. The molecular formula is C12H8ClNO4. The maximum absolute atomic E-state index is 11.0. The van der Waals surface area contributed by atoms with Gasteiger partial charge in [0.15, 0.2) is 0 Å². The molecule has 3 N–H and O–H groups in total. The van der Waals surface area contributed by atoms with Crippen molar-refractivity contribution in [2.24, 2.45) is 0 Å². The SMILES string of the molecule is O=C(O)C(=O)/C=C(/O)c1c[nH]c2ccc(Cl)cc12. The van der Waals surface area contributed by atoms with E-state index in [9.17, 15) is 14.7 Å². The van der Waals surface area contributed by atoms with Gasteiger partial charge in [0.2, 0.25) is 0 Å². The zero-order valence-electron chi connectivity index (χ0n) is 8.98. The van der Waals surface area contributed by atoms with Crippen LogP contribution in [0.5, 0.6) is 0 Å². The molecule has 0 radical (unpaired) electrons. The lowest BCUT2D eigenvalue weighted by molar-refractivity contribution is -0.146. The van der Waals surface area contributed by atoms with Crippen LogP contribution in [0.15, 0.2) is 30.5 Å². The van der Waals surface area contributed by atoms with Gasteiger partial charge in [-0.25, -0.2) is 4.79 Å². The third-order valence-corrected chi connectivity index (χ3v) is 2.63. The number of aliphatic carboxylic acids is 1. The van der Waals surface area contributed by atoms with Crippen molar-refractivity contribution < 1.29 is 19.8 Å². The second-order valence-electron chi connectivity index (χ2n) is 3.59. The molecule has 2 aromatic rings. The fraction of sp³-hybridized carbons (Fsp3) is 0. The van der Waals surface area contributed by atoms with Crippen LogP contribution < -0.4 is 0 Å². The molecule has 0 aliphatic carbocycles. The highest BCUT2D eigenvalue weighted by atomic mass is 35.5. The summed E-state index contributed by atoms with van der Waals surface area (Å²) in [6, 6.07) is 5.00. The maximum atomic E-state index is 11.0. The number of carbonyl (C=O) groups is 2. The number of nitrogens with one attached hydrogen (secondary N) is 1. The lowest BCUT2D eigenvalue weighted by atomic mass is 10.1. The van der Waals surface area contributed by atoms with Gasteiger partial charge >= 0.3 is 5.97 Å². The van der Waals surface area contributed by atoms with Crippen molar-refractivity contribution in [2.45, 2.75) is 0 Å². The first-order chi connectivity index (χ1) is 8.49. The van der Waals surface area contributed by atoms with Gasteiger partial charge in [-0.3, -0.25) is 4.79 Å². The van der Waals surface area contributed by atoms with E-state index in [-0.39, 0.29) is 0 Å². The maximum Gasteiger partial charge on any atom is 0.376 e. The Labute approximate surface area is 106 Å². The molecule has 18 heavy (non-hydrogen) atoms. The molecule has 0 fully saturated rings. The first-order valence-electron chi connectivity index (χ1n) is 4.94. The number of carboxylic acids is 1. The van der Waals surface area contributed by atoms with Gasteiger partial charge in [0.05, 0.1) is 0 Å². The van der Waals surface area contributed by atoms with Crippen molar-refractivity contribution in [3.05, 3.63) is 41.1 Å². The van der Waals surface area contributed by atoms with E-state index in [1.165, 1.54) is 6.20 Å². The van der Waals surface area contributed by atoms with Crippen LogP contribution in [0.1, 0.15) is 5.56 Å². The van der Waals surface area contributed by atoms with Gasteiger partial charge in [-0.2, -0.15) is 0 Å². The van der Waals surface area contributed by atoms with E-state index in [2.05, 4.69) is 4.98 Å². The van der Waals surface area contributed by atoms with Crippen LogP contribution >= 0.6 is 11.6 Å². The Morgan fingerprint density at radius 3 is 2.67 bits per heavy atom. The van der Waals surface area contributed by atoms with Gasteiger partial charge in [-0.1, -0.05) is 11.6 Å². The molecule has 1 aromatic carbocycles. The standard InChI is InChI=1S/C12H8ClNO4/c13-6-1-2-9-7(3-6)8(5-14-9)10(15)4-11(16)12(17)18/h1-5,14-15H,(H,17,18)/b10-4+. The second kappa shape index (κ2) is 4.54. The van der Waals surface area contributed by atoms with E-state index in [1.807, 2.05) is 0 Å². The first kappa shape index (κ1) is 12.2. The van der Waals surface area contributed by atoms with Crippen LogP contribution in [0.2, 0.25) is 5.02 Å². The average molecular weight is 266 g/mol. The summed E-state index contributed by atoms with van der Waals surface area (Å²) in [5.41, 5.74) is 1.04. The molecule has 1 aromatic heterocycles. The van der Waals surface area contributed by atoms with Crippen LogP contribution in [0, 0.1) is 0 Å². The summed E-state index contributed by atoms with van der Waals surface area (Å²) in [5, 5.41) is 19.3. The number of carbonyl (C=O) groups excluding carboxylic acids is 1. The Morgan fingerprint density at radius 1 is 1.28 bits per heavy atom. The lowest BCUT2D eigenvalue weighted by Gasteiger charge is -1.98. The molecule has 0 atom stereocenters. The van der Waals surface area contributed by atoms with E-state index in [0.717, 1.165) is 5.52 Å². The number of rotatable bonds is 3. The van der Waals surface area contributed by atoms with Crippen molar-refractivity contribution >= 4 is 40.0 Å². The summed E-state index contributed by atoms with van der Waals surface area (Å²) in [6.45, 7) is 0. The number of fused-ring (bicyclic) bond motifs is 1. The van der Waals surface area contributed by atoms with E-state index >= 15 is 0 Å². The van der Waals surface area contributed by atoms with Gasteiger partial charge in [0.25, 0.3) is 5.78 Å². The van der Waals surface area contributed by atoms with E-state index in [4.69, 9.17) is 16.7 Å². The number of aromatic amines is 1. The summed E-state index contributed by atoms with van der Waals surface area (Å²) in [5.74, 6) is -3.24. The molecule has 0 saturated carbocycles. The van der Waals surface area contributed by atoms with Crippen molar-refractivity contribution in [2.75, 3.05) is 0 Å². The van der Waals surface area contributed by atoms with Crippen molar-refractivity contribution in [1.29, 1.82) is 0 Å². The number of ketones is 1. The number of H-pyrrole nitrogens is 1. The van der Waals surface area contributed by atoms with Crippen LogP contribution in [-0.2, 0) is 9.59 Å². The molecule has 92 valence electrons. The number of aliphatic hydroxyl groups is 1. The summed E-state index contributed by atoms with van der Waals surface area (Å²) in [4.78, 5) is 24.2. The van der Waals surface area contributed by atoms with Crippen molar-refractivity contribution in [3.8, 4) is 0 Å². The second-order valence-corrected chi connectivity index (χ2v) is 4.03. The molecule has 0 saturated heterocycles. The monoisotopic (exact) mass is 265 g/mol. The van der Waals surface area contributed by atoms with Gasteiger partial charge in [-0.15, -0.1) is 0 Å². The smallest absolute Gasteiger partial charge is 0.376 e. The topological polar surface area (TPSA) is 90.4 Å². The zero-order valence-corrected chi connectivity index (χ0v) is 9.73. The normalized spacial score (nSPS) is 11.7.